The number of carbonyl (C=O) groups excluding carboxylic acids is 2. The van der Waals surface area contributed by atoms with Gasteiger partial charge in [-0.2, -0.15) is 0 Å². The fourth-order valence-electron chi connectivity index (χ4n) is 10.0. The number of esters is 2. The first-order valence-corrected chi connectivity index (χ1v) is 37.6. The highest BCUT2D eigenvalue weighted by Crippen LogP contribution is 2.16. The molecule has 0 aliphatic heterocycles. The van der Waals surface area contributed by atoms with E-state index in [9.17, 15) is 14.7 Å². The van der Waals surface area contributed by atoms with E-state index < -0.39 is 6.10 Å². The predicted molar refractivity (Wildman–Crippen MR) is 407 cm³/mol. The molecule has 5 heteroatoms. The Morgan fingerprint density at radius 1 is 0.250 bits per heavy atom. The van der Waals surface area contributed by atoms with Gasteiger partial charge in [0, 0.05) is 12.8 Å². The molecule has 0 saturated heterocycles. The lowest BCUT2D eigenvalue weighted by Crippen LogP contribution is -2.28. The van der Waals surface area contributed by atoms with E-state index in [4.69, 9.17) is 9.47 Å². The smallest absolute Gasteiger partial charge is 0.306 e. The summed E-state index contributed by atoms with van der Waals surface area (Å²) in [6, 6.07) is 0. The molecule has 1 N–H and O–H groups in total. The molecule has 5 nitrogen and oxygen atoms in total. The average molecular weight is 1260 g/mol. The van der Waals surface area contributed by atoms with Crippen molar-refractivity contribution in [1.82, 2.24) is 0 Å². The van der Waals surface area contributed by atoms with Crippen LogP contribution in [0.1, 0.15) is 309 Å². The number of carbonyl (C=O) groups is 2. The number of aliphatic hydroxyl groups excluding tert-OH is 1. The number of ether oxygens (including phenoxy) is 2. The standard InChI is InChI=1S/C87H138O5/c1-3-5-7-9-11-13-15-17-19-21-23-25-27-29-31-33-35-37-39-41-42-43-44-46-47-49-51-53-55-57-59-61-63-65-67-69-71-73-75-77-79-81-86(89)91-84-85(83-88)92-87(90)82-80-78-76-74-72-70-68-66-64-62-60-58-56-54-52-50-48-45-40-38-36-34-32-30-28-26-24-22-20-18-16-14-12-10-8-6-4-2/h5-8,11-14,17-20,23-26,29-32,35-38,41-42,44-46,48,52,54,58,60,85,88H,3-4,9-10,15-16,21-22,27-28,33-34,39-40,43,47,49-51,53,55-57,59,61-84H2,1-2H3/b7-5-,8-6-,13-11-,14-12-,19-17-,20-18-,25-23-,26-24-,31-29-,32-30-,37-35-,38-36-,42-41-,46-44-,48-45-,54-52-,60-58-. The van der Waals surface area contributed by atoms with Crippen molar-refractivity contribution in [1.29, 1.82) is 0 Å². The molecule has 0 rings (SSSR count). The Kier molecular flexibility index (Phi) is 74.9. The van der Waals surface area contributed by atoms with Crippen LogP contribution in [-0.4, -0.2) is 36.4 Å². The molecule has 1 unspecified atom stereocenters. The maximum Gasteiger partial charge on any atom is 0.306 e. The van der Waals surface area contributed by atoms with E-state index in [-0.39, 0.29) is 25.2 Å². The highest BCUT2D eigenvalue weighted by molar-refractivity contribution is 5.70. The minimum atomic E-state index is -0.790. The van der Waals surface area contributed by atoms with Gasteiger partial charge < -0.3 is 14.6 Å². The van der Waals surface area contributed by atoms with E-state index in [1.807, 2.05) is 0 Å². The third kappa shape index (κ3) is 76.9. The second-order valence-corrected chi connectivity index (χ2v) is 24.3. The summed E-state index contributed by atoms with van der Waals surface area (Å²) in [6.45, 7) is 3.91. The van der Waals surface area contributed by atoms with E-state index in [0.717, 1.165) is 154 Å². The number of hydrogen-bond acceptors (Lipinski definition) is 5. The number of unbranched alkanes of at least 4 members (excludes halogenated alkanes) is 25. The molecule has 0 aromatic heterocycles. The van der Waals surface area contributed by atoms with E-state index in [1.54, 1.807) is 0 Å². The molecule has 92 heavy (non-hydrogen) atoms. The van der Waals surface area contributed by atoms with Gasteiger partial charge in [0.1, 0.15) is 6.61 Å². The summed E-state index contributed by atoms with van der Waals surface area (Å²) in [4.78, 5) is 24.7. The number of allylic oxidation sites excluding steroid dienone is 34. The molecule has 1 atom stereocenters. The number of aliphatic hydroxyl groups is 1. The largest absolute Gasteiger partial charge is 0.462 e. The Labute approximate surface area is 568 Å². The fourth-order valence-corrected chi connectivity index (χ4v) is 10.0. The van der Waals surface area contributed by atoms with Gasteiger partial charge in [0.2, 0.25) is 0 Å². The van der Waals surface area contributed by atoms with E-state index in [1.165, 1.54) is 128 Å². The Morgan fingerprint density at radius 3 is 0.652 bits per heavy atom. The predicted octanol–water partition coefficient (Wildman–Crippen LogP) is 26.9. The second kappa shape index (κ2) is 79.7. The van der Waals surface area contributed by atoms with Crippen LogP contribution in [0, 0.1) is 0 Å². The lowest BCUT2D eigenvalue weighted by atomic mass is 10.0. The summed E-state index contributed by atoms with van der Waals surface area (Å²) in [5.41, 5.74) is 0. The minimum absolute atomic E-state index is 0.0777. The summed E-state index contributed by atoms with van der Waals surface area (Å²) in [6.07, 6.45) is 127. The maximum atomic E-state index is 12.4. The van der Waals surface area contributed by atoms with Crippen LogP contribution in [0.2, 0.25) is 0 Å². The van der Waals surface area contributed by atoms with E-state index >= 15 is 0 Å². The minimum Gasteiger partial charge on any atom is -0.462 e. The van der Waals surface area contributed by atoms with Crippen molar-refractivity contribution in [3.05, 3.63) is 207 Å². The first-order chi connectivity index (χ1) is 45.6. The lowest BCUT2D eigenvalue weighted by molar-refractivity contribution is -0.161. The van der Waals surface area contributed by atoms with Crippen LogP contribution in [-0.2, 0) is 19.1 Å². The van der Waals surface area contributed by atoms with E-state index in [2.05, 4.69) is 220 Å². The molecule has 0 amide bonds. The molecular formula is C87H138O5. The van der Waals surface area contributed by atoms with Gasteiger partial charge in [-0.15, -0.1) is 0 Å². The van der Waals surface area contributed by atoms with Crippen LogP contribution < -0.4 is 0 Å². The fraction of sp³-hybridized carbons (Fsp3) is 0.586. The monoisotopic (exact) mass is 1260 g/mol. The Hall–Kier alpha value is -5.52. The van der Waals surface area contributed by atoms with Gasteiger partial charge in [-0.1, -0.05) is 355 Å². The number of rotatable bonds is 67. The van der Waals surface area contributed by atoms with Crippen molar-refractivity contribution in [2.45, 2.75) is 315 Å². The number of hydrogen-bond donors (Lipinski definition) is 1. The Balaban J connectivity index is 3.55. The molecule has 0 aromatic carbocycles. The van der Waals surface area contributed by atoms with Gasteiger partial charge >= 0.3 is 11.9 Å². The zero-order valence-corrected chi connectivity index (χ0v) is 59.2. The first-order valence-electron chi connectivity index (χ1n) is 37.6. The van der Waals surface area contributed by atoms with Gasteiger partial charge in [-0.05, 0) is 148 Å². The van der Waals surface area contributed by atoms with Gasteiger partial charge in [0.15, 0.2) is 6.10 Å². The summed E-state index contributed by atoms with van der Waals surface area (Å²) in [5.74, 6) is -0.602. The molecule has 0 aliphatic carbocycles. The Morgan fingerprint density at radius 2 is 0.435 bits per heavy atom. The van der Waals surface area contributed by atoms with Crippen molar-refractivity contribution < 1.29 is 24.2 Å². The van der Waals surface area contributed by atoms with Crippen LogP contribution in [0.25, 0.3) is 0 Å². The molecule has 0 fully saturated rings. The average Bonchev–Trinajstić information content (AvgIpc) is 3.70. The van der Waals surface area contributed by atoms with Crippen molar-refractivity contribution >= 4 is 11.9 Å². The van der Waals surface area contributed by atoms with Crippen molar-refractivity contribution in [2.75, 3.05) is 13.2 Å². The first kappa shape index (κ1) is 86.5. The second-order valence-electron chi connectivity index (χ2n) is 24.3. The van der Waals surface area contributed by atoms with Crippen LogP contribution in [0.4, 0.5) is 0 Å². The quantitative estimate of drug-likeness (QED) is 0.0373. The zero-order chi connectivity index (χ0) is 66.1. The molecule has 0 aliphatic rings. The zero-order valence-electron chi connectivity index (χ0n) is 59.2. The van der Waals surface area contributed by atoms with Crippen LogP contribution >= 0.6 is 0 Å². The highest BCUT2D eigenvalue weighted by atomic mass is 16.6. The summed E-state index contributed by atoms with van der Waals surface area (Å²) < 4.78 is 10.8. The van der Waals surface area contributed by atoms with Gasteiger partial charge in [-0.3, -0.25) is 9.59 Å². The van der Waals surface area contributed by atoms with Crippen LogP contribution in [0.5, 0.6) is 0 Å². The molecule has 0 aromatic rings. The Bertz CT molecular complexity index is 2120. The van der Waals surface area contributed by atoms with Crippen molar-refractivity contribution in [3.8, 4) is 0 Å². The van der Waals surface area contributed by atoms with Crippen molar-refractivity contribution in [3.63, 3.8) is 0 Å². The normalized spacial score (nSPS) is 13.5. The molecule has 0 saturated carbocycles. The topological polar surface area (TPSA) is 72.8 Å². The molecular weight excluding hydrogens is 1120 g/mol. The third-order valence-corrected chi connectivity index (χ3v) is 15.6. The van der Waals surface area contributed by atoms with Crippen LogP contribution in [0.15, 0.2) is 207 Å². The van der Waals surface area contributed by atoms with Crippen molar-refractivity contribution in [2.24, 2.45) is 0 Å². The molecule has 516 valence electrons. The molecule has 0 radical (unpaired) electrons. The summed E-state index contributed by atoms with van der Waals surface area (Å²) in [7, 11) is 0. The molecule has 0 heterocycles. The SMILES string of the molecule is CC/C=C\C/C=C\C/C=C\C/C=C\C/C=C\C/C=C\C/C=C\C/C=C\C/C=C\CCCCCCCCCCCC(=O)OC(CO)COC(=O)CCCCCCCCCCCCCCCCCC/C=C\C/C=C\C/C=C\C/C=C\C/C=C\C/C=C\C/C=C\C/C=C\CC. The molecule has 0 spiro atoms. The highest BCUT2D eigenvalue weighted by Gasteiger charge is 2.16. The van der Waals surface area contributed by atoms with Gasteiger partial charge in [0.05, 0.1) is 6.61 Å². The van der Waals surface area contributed by atoms with Gasteiger partial charge in [-0.25, -0.2) is 0 Å². The maximum absolute atomic E-state index is 12.4. The summed E-state index contributed by atoms with van der Waals surface area (Å²) >= 11 is 0. The molecule has 0 bridgehead atoms. The lowest BCUT2D eigenvalue weighted by Gasteiger charge is -2.15. The third-order valence-electron chi connectivity index (χ3n) is 15.6. The summed E-state index contributed by atoms with van der Waals surface area (Å²) in [5, 5.41) is 9.72. The van der Waals surface area contributed by atoms with E-state index in [0.29, 0.717) is 12.8 Å². The van der Waals surface area contributed by atoms with Crippen LogP contribution in [0.3, 0.4) is 0 Å². The van der Waals surface area contributed by atoms with Gasteiger partial charge in [0.25, 0.3) is 0 Å².